The minimum Gasteiger partial charge on any atom is -0.512 e. The van der Waals surface area contributed by atoms with Crippen LogP contribution >= 0.6 is 0 Å². The molecule has 0 saturated heterocycles. The Bertz CT molecular complexity index is 3260. The van der Waals surface area contributed by atoms with E-state index in [-0.39, 0.29) is 46.1 Å². The second-order valence-corrected chi connectivity index (χ2v) is 16.9. The van der Waals surface area contributed by atoms with Gasteiger partial charge in [-0.2, -0.15) is 0 Å². The molecule has 2 heterocycles. The number of anilines is 2. The summed E-state index contributed by atoms with van der Waals surface area (Å²) in [6, 6.07) is 40.8. The van der Waals surface area contributed by atoms with Crippen LogP contribution in [0.4, 0.5) is 11.4 Å². The van der Waals surface area contributed by atoms with Crippen LogP contribution in [0.5, 0.6) is 0 Å². The normalized spacial score (nSPS) is 9.40. The van der Waals surface area contributed by atoms with Crippen molar-refractivity contribution in [2.45, 2.75) is 69.2 Å². The van der Waals surface area contributed by atoms with Gasteiger partial charge in [0.25, 0.3) is 0 Å². The van der Waals surface area contributed by atoms with E-state index in [1.54, 1.807) is 0 Å². The van der Waals surface area contributed by atoms with E-state index >= 15 is 0 Å². The van der Waals surface area contributed by atoms with Crippen molar-refractivity contribution in [3.63, 3.8) is 0 Å². The van der Waals surface area contributed by atoms with E-state index in [9.17, 15) is 9.59 Å². The monoisotopic (exact) mass is 1220 g/mol. The van der Waals surface area contributed by atoms with Gasteiger partial charge in [-0.05, 0) is 129 Å². The number of carbonyl (C=O) groups is 2. The quantitative estimate of drug-likeness (QED) is 0.0288. The maximum absolute atomic E-state index is 12.9. The molecule has 4 aromatic carbocycles. The fraction of sp³-hybridized carbons (Fsp3) is 0.303. The summed E-state index contributed by atoms with van der Waals surface area (Å²) in [5, 5.41) is 41.7. The molecule has 436 valence electrons. The van der Waals surface area contributed by atoms with E-state index in [1.807, 2.05) is 62.4 Å². The first-order valence-corrected chi connectivity index (χ1v) is 26.7. The second kappa shape index (κ2) is 41.7. The summed E-state index contributed by atoms with van der Waals surface area (Å²) in [7, 11) is 0. The van der Waals surface area contributed by atoms with Gasteiger partial charge in [0.2, 0.25) is 10.7 Å². The van der Waals surface area contributed by atoms with Gasteiger partial charge in [-0.15, -0.1) is 0 Å². The molecule has 16 nitrogen and oxygen atoms in total. The van der Waals surface area contributed by atoms with Crippen LogP contribution in [0.1, 0.15) is 90.0 Å². The minimum absolute atomic E-state index is 0. The molecule has 4 aromatic rings. The molecule has 2 aliphatic heterocycles. The van der Waals surface area contributed by atoms with Gasteiger partial charge in [0.1, 0.15) is 48.9 Å². The summed E-state index contributed by atoms with van der Waals surface area (Å²) < 4.78 is 28.5. The standard InChI is InChI=1S/2C30H35N2O3.6CN.Cu.Fe/c2*1-6-31(7-2)21-15-17-25-27(19-21)35-28-20-22(32(8-3)9-4)16-18-26(28)29(25)23-13-11-12-14-24(23)30(33)34-10-5;6*1-2;;/h2*11-20H,6-10H2,1-5H3;;;;;;;;/q2*+1;6*-1;+1;+6. The Hall–Kier alpha value is -9.22. The molecule has 4 aliphatic rings. The summed E-state index contributed by atoms with van der Waals surface area (Å²) in [5.74, 6) is 0.967. The Morgan fingerprint density at radius 3 is 1.02 bits per heavy atom. The fourth-order valence-corrected chi connectivity index (χ4v) is 9.63. The average Bonchev–Trinajstić information content (AvgIpc) is 2.10. The maximum atomic E-state index is 12.9. The predicted molar refractivity (Wildman–Crippen MR) is 318 cm³/mol. The molecular formula is C66H70CuFeN10O6+3. The first-order chi connectivity index (χ1) is 40.1. The molecule has 0 bridgehead atoms. The summed E-state index contributed by atoms with van der Waals surface area (Å²) in [6.07, 6.45) is 0. The zero-order valence-electron chi connectivity index (χ0n) is 49.2. The fourth-order valence-electron chi connectivity index (χ4n) is 9.63. The van der Waals surface area contributed by atoms with Gasteiger partial charge in [0, 0.05) is 94.8 Å². The zero-order chi connectivity index (χ0) is 61.9. The van der Waals surface area contributed by atoms with E-state index in [0.29, 0.717) is 24.3 Å². The number of esters is 2. The van der Waals surface area contributed by atoms with Crippen molar-refractivity contribution in [2.24, 2.45) is 0 Å². The van der Waals surface area contributed by atoms with Crippen molar-refractivity contribution < 1.29 is 62.0 Å². The van der Waals surface area contributed by atoms with Crippen molar-refractivity contribution >= 4 is 45.3 Å². The van der Waals surface area contributed by atoms with Gasteiger partial charge in [-0.1, -0.05) is 36.4 Å². The zero-order valence-corrected chi connectivity index (χ0v) is 51.2. The molecule has 8 rings (SSSR count). The van der Waals surface area contributed by atoms with Crippen LogP contribution in [-0.4, -0.2) is 77.5 Å². The smallest absolute Gasteiger partial charge is 0.512 e. The first-order valence-electron chi connectivity index (χ1n) is 26.7. The Balaban J connectivity index is 0. The van der Waals surface area contributed by atoms with E-state index in [1.165, 1.54) is 0 Å². The summed E-state index contributed by atoms with van der Waals surface area (Å²) >= 11 is 0. The van der Waals surface area contributed by atoms with Gasteiger partial charge >= 0.3 is 46.1 Å². The Labute approximate surface area is 517 Å². The third-order valence-electron chi connectivity index (χ3n) is 13.3. The summed E-state index contributed by atoms with van der Waals surface area (Å²) in [6.45, 7) is 57.4. The molecule has 0 spiro atoms. The molecule has 0 radical (unpaired) electrons. The number of hydrogen-bond acceptors (Lipinski definition) is 14. The van der Waals surface area contributed by atoms with Crippen molar-refractivity contribution in [1.82, 2.24) is 9.15 Å². The molecule has 18 heteroatoms. The molecule has 0 saturated carbocycles. The first kappa shape index (κ1) is 76.8. The molecule has 0 aromatic heterocycles. The number of ether oxygens (including phenoxy) is 2. The number of carbonyl (C=O) groups excluding carboxylic acids is 2. The third kappa shape index (κ3) is 18.4. The Morgan fingerprint density at radius 1 is 0.429 bits per heavy atom. The Kier molecular flexibility index (Phi) is 38.2. The average molecular weight is 1220 g/mol. The number of fused-ring (bicyclic) bond motifs is 4. The minimum atomic E-state index is -0.315. The van der Waals surface area contributed by atoms with Crippen LogP contribution in [-0.2, 0) is 43.6 Å². The van der Waals surface area contributed by atoms with Crippen molar-refractivity contribution in [3.8, 4) is 44.9 Å². The van der Waals surface area contributed by atoms with Gasteiger partial charge in [-0.3, -0.25) is 0 Å². The number of benzene rings is 6. The molecule has 0 unspecified atom stereocenters. The molecule has 0 amide bonds. The van der Waals surface area contributed by atoms with Gasteiger partial charge in [-0.25, -0.2) is 18.7 Å². The van der Waals surface area contributed by atoms with Crippen molar-refractivity contribution in [3.05, 3.63) is 183 Å². The summed E-state index contributed by atoms with van der Waals surface area (Å²) in [5.41, 5.74) is 10.6. The predicted octanol–water partition coefficient (Wildman–Crippen LogP) is 12.7. The third-order valence-corrected chi connectivity index (χ3v) is 13.3. The van der Waals surface area contributed by atoms with Gasteiger partial charge in [0.15, 0.2) is 0 Å². The van der Waals surface area contributed by atoms with E-state index in [4.69, 9.17) is 89.3 Å². The topological polar surface area (TPSA) is 234 Å². The molecule has 84 heavy (non-hydrogen) atoms. The van der Waals surface area contributed by atoms with Gasteiger partial charge in [0.05, 0.1) is 36.5 Å². The van der Waals surface area contributed by atoms with Gasteiger partial charge < -0.3 is 99.1 Å². The SMILES string of the molecule is CCOC(=O)c1ccccc1-c1c2ccc(=[N+](CC)CC)cc-2oc2cc(N(CC)CC)ccc12.CCOC(=O)c1ccccc1-c1c2ccc(=[N+](CC)CC)cc-2oc2cc(N(CC)CC)ccc12.[C-]#N.[C-]#N.[C-]#N.[C-]#N.[C-]#N.[C-]#N.[Cu+].[Fe+6]. The molecule has 0 N–H and O–H groups in total. The van der Waals surface area contributed by atoms with Crippen LogP contribution in [0, 0.1) is 71.0 Å². The maximum Gasteiger partial charge on any atom is 6.00 e. The van der Waals surface area contributed by atoms with Crippen molar-refractivity contribution in [2.75, 3.05) is 75.4 Å². The van der Waals surface area contributed by atoms with Crippen LogP contribution in [0.3, 0.4) is 0 Å². The Morgan fingerprint density at radius 2 is 0.738 bits per heavy atom. The summed E-state index contributed by atoms with van der Waals surface area (Å²) in [4.78, 5) is 30.4. The van der Waals surface area contributed by atoms with Crippen LogP contribution < -0.4 is 29.7 Å². The number of nitrogens with zero attached hydrogens (tertiary/aromatic N) is 10. The van der Waals surface area contributed by atoms with Crippen molar-refractivity contribution in [1.29, 1.82) is 31.6 Å². The van der Waals surface area contributed by atoms with E-state index in [2.05, 4.69) is 147 Å². The molecule has 0 atom stereocenters. The van der Waals surface area contributed by atoms with Crippen LogP contribution in [0.25, 0.3) is 66.8 Å². The second-order valence-electron chi connectivity index (χ2n) is 16.9. The largest absolute Gasteiger partial charge is 6.00 e. The molecule has 0 fully saturated rings. The van der Waals surface area contributed by atoms with E-state index < -0.39 is 0 Å². The van der Waals surface area contributed by atoms with Crippen LogP contribution in [0.2, 0.25) is 0 Å². The van der Waals surface area contributed by atoms with Crippen LogP contribution in [0.15, 0.2) is 130 Å². The number of hydrogen-bond donors (Lipinski definition) is 0. The number of rotatable bonds is 16. The molecular weight excluding hydrogens is 1150 g/mol. The molecule has 2 aliphatic carbocycles. The van der Waals surface area contributed by atoms with E-state index in [0.717, 1.165) is 141 Å².